The minimum Gasteiger partial charge on any atom is -0.497 e. The normalized spacial score (nSPS) is 10.7. The van der Waals surface area contributed by atoms with E-state index >= 15 is 0 Å². The summed E-state index contributed by atoms with van der Waals surface area (Å²) >= 11 is 0. The second-order valence-corrected chi connectivity index (χ2v) is 7.43. The van der Waals surface area contributed by atoms with E-state index in [0.29, 0.717) is 11.4 Å². The molecule has 162 valence electrons. The number of ether oxygens (including phenoxy) is 1. The van der Waals surface area contributed by atoms with E-state index in [1.807, 2.05) is 66.2 Å². The van der Waals surface area contributed by atoms with E-state index in [-0.39, 0.29) is 5.56 Å². The van der Waals surface area contributed by atoms with Crippen molar-refractivity contribution in [3.8, 4) is 22.6 Å². The Kier molecular flexibility index (Phi) is 5.94. The number of para-hydroxylation sites is 1. The van der Waals surface area contributed by atoms with Crippen LogP contribution in [-0.4, -0.2) is 28.0 Å². The molecule has 6 heteroatoms. The number of aryl methyl sites for hydroxylation is 2. The zero-order valence-corrected chi connectivity index (χ0v) is 18.3. The van der Waals surface area contributed by atoms with Crippen molar-refractivity contribution in [2.45, 2.75) is 20.3 Å². The average molecular weight is 428 g/mol. The summed E-state index contributed by atoms with van der Waals surface area (Å²) < 4.78 is 7.09. The Bertz CT molecular complexity index is 1260. The number of anilines is 2. The SMILES string of the molecule is CCc1nn(-c2ccccc2C)c(Nc2ccc(OC)cc2C(=O)O)c1-c1ccccc1. The molecule has 3 aromatic carbocycles. The van der Waals surface area contributed by atoms with Crippen LogP contribution < -0.4 is 10.1 Å². The maximum atomic E-state index is 12.0. The molecular formula is C26H25N3O3. The molecule has 0 aliphatic heterocycles. The Balaban J connectivity index is 1.97. The van der Waals surface area contributed by atoms with Crippen LogP contribution in [0.1, 0.15) is 28.5 Å². The van der Waals surface area contributed by atoms with Crippen molar-refractivity contribution >= 4 is 17.5 Å². The summed E-state index contributed by atoms with van der Waals surface area (Å²) in [4.78, 5) is 12.0. The lowest BCUT2D eigenvalue weighted by molar-refractivity contribution is 0.0697. The second kappa shape index (κ2) is 8.98. The van der Waals surface area contributed by atoms with Crippen LogP contribution in [0, 0.1) is 6.92 Å². The third-order valence-electron chi connectivity index (χ3n) is 5.41. The van der Waals surface area contributed by atoms with Gasteiger partial charge in [-0.1, -0.05) is 55.5 Å². The number of methoxy groups -OCH3 is 1. The molecule has 0 unspecified atom stereocenters. The molecule has 4 aromatic rings. The molecule has 0 spiro atoms. The van der Waals surface area contributed by atoms with E-state index in [4.69, 9.17) is 9.84 Å². The van der Waals surface area contributed by atoms with Crippen LogP contribution in [0.15, 0.2) is 72.8 Å². The van der Waals surface area contributed by atoms with Crippen molar-refractivity contribution in [1.82, 2.24) is 9.78 Å². The lowest BCUT2D eigenvalue weighted by Gasteiger charge is -2.16. The van der Waals surface area contributed by atoms with E-state index in [9.17, 15) is 9.90 Å². The molecule has 6 nitrogen and oxygen atoms in total. The van der Waals surface area contributed by atoms with E-state index in [2.05, 4.69) is 12.2 Å². The van der Waals surface area contributed by atoms with Crippen molar-refractivity contribution < 1.29 is 14.6 Å². The number of carboxylic acids is 1. The molecule has 0 amide bonds. The molecule has 0 aliphatic rings. The zero-order valence-electron chi connectivity index (χ0n) is 18.3. The van der Waals surface area contributed by atoms with Crippen LogP contribution in [0.4, 0.5) is 11.5 Å². The minimum absolute atomic E-state index is 0.124. The van der Waals surface area contributed by atoms with Gasteiger partial charge in [-0.2, -0.15) is 5.10 Å². The van der Waals surface area contributed by atoms with Crippen molar-refractivity contribution in [1.29, 1.82) is 0 Å². The van der Waals surface area contributed by atoms with E-state index < -0.39 is 5.97 Å². The molecule has 0 fully saturated rings. The molecule has 0 atom stereocenters. The summed E-state index contributed by atoms with van der Waals surface area (Å²) in [6.45, 7) is 4.10. The summed E-state index contributed by atoms with van der Waals surface area (Å²) in [6.07, 6.45) is 0.728. The van der Waals surface area contributed by atoms with E-state index in [1.165, 1.54) is 13.2 Å². The highest BCUT2D eigenvalue weighted by molar-refractivity contribution is 5.96. The van der Waals surface area contributed by atoms with Gasteiger partial charge in [-0.25, -0.2) is 9.48 Å². The monoisotopic (exact) mass is 427 g/mol. The van der Waals surface area contributed by atoms with Crippen molar-refractivity contribution in [3.63, 3.8) is 0 Å². The Hall–Kier alpha value is -4.06. The van der Waals surface area contributed by atoms with Crippen LogP contribution in [0.25, 0.3) is 16.8 Å². The van der Waals surface area contributed by atoms with Gasteiger partial charge in [-0.15, -0.1) is 0 Å². The number of hydrogen-bond acceptors (Lipinski definition) is 4. The molecular weight excluding hydrogens is 402 g/mol. The highest BCUT2D eigenvalue weighted by atomic mass is 16.5. The van der Waals surface area contributed by atoms with Crippen molar-refractivity contribution in [2.24, 2.45) is 0 Å². The third kappa shape index (κ3) is 3.95. The Morgan fingerprint density at radius 2 is 1.78 bits per heavy atom. The number of carboxylic acid groups (broad SMARTS) is 1. The first-order valence-electron chi connectivity index (χ1n) is 10.4. The largest absolute Gasteiger partial charge is 0.497 e. The van der Waals surface area contributed by atoms with Crippen LogP contribution in [0.5, 0.6) is 5.75 Å². The van der Waals surface area contributed by atoms with Gasteiger partial charge in [0.15, 0.2) is 0 Å². The predicted octanol–water partition coefficient (Wildman–Crippen LogP) is 5.86. The van der Waals surface area contributed by atoms with Gasteiger partial charge in [0.05, 0.1) is 29.7 Å². The van der Waals surface area contributed by atoms with Gasteiger partial charge < -0.3 is 15.2 Å². The first kappa shape index (κ1) is 21.2. The lowest BCUT2D eigenvalue weighted by Crippen LogP contribution is -2.08. The first-order valence-corrected chi connectivity index (χ1v) is 10.4. The standard InChI is InChI=1S/C26H25N3O3/c1-4-21-24(18-11-6-5-7-12-18)25(29(28-21)23-13-9-8-10-17(23)2)27-22-15-14-19(32-3)16-20(22)26(30)31/h5-16,27H,4H2,1-3H3,(H,30,31). The molecule has 0 bridgehead atoms. The number of nitrogens with one attached hydrogen (secondary N) is 1. The summed E-state index contributed by atoms with van der Waals surface area (Å²) in [6, 6.07) is 23.0. The summed E-state index contributed by atoms with van der Waals surface area (Å²) in [5.41, 5.74) is 5.46. The average Bonchev–Trinajstić information content (AvgIpc) is 3.18. The lowest BCUT2D eigenvalue weighted by atomic mass is 10.0. The highest BCUT2D eigenvalue weighted by Crippen LogP contribution is 2.37. The van der Waals surface area contributed by atoms with E-state index in [0.717, 1.165) is 40.3 Å². The van der Waals surface area contributed by atoms with Gasteiger partial charge in [-0.3, -0.25) is 0 Å². The van der Waals surface area contributed by atoms with Crippen LogP contribution >= 0.6 is 0 Å². The maximum absolute atomic E-state index is 12.0. The Labute approximate surface area is 187 Å². The van der Waals surface area contributed by atoms with Crippen LogP contribution in [-0.2, 0) is 6.42 Å². The smallest absolute Gasteiger partial charge is 0.337 e. The minimum atomic E-state index is -1.04. The zero-order chi connectivity index (χ0) is 22.7. The predicted molar refractivity (Wildman–Crippen MR) is 126 cm³/mol. The summed E-state index contributed by atoms with van der Waals surface area (Å²) in [5, 5.41) is 18.1. The van der Waals surface area contributed by atoms with Gasteiger partial charge in [0.1, 0.15) is 11.6 Å². The highest BCUT2D eigenvalue weighted by Gasteiger charge is 2.22. The fourth-order valence-electron chi connectivity index (χ4n) is 3.77. The molecule has 32 heavy (non-hydrogen) atoms. The topological polar surface area (TPSA) is 76.4 Å². The number of hydrogen-bond donors (Lipinski definition) is 2. The summed E-state index contributed by atoms with van der Waals surface area (Å²) in [7, 11) is 1.52. The molecule has 2 N–H and O–H groups in total. The van der Waals surface area contributed by atoms with Gasteiger partial charge in [0.25, 0.3) is 0 Å². The van der Waals surface area contributed by atoms with Crippen molar-refractivity contribution in [2.75, 3.05) is 12.4 Å². The Morgan fingerprint density at radius 1 is 1.06 bits per heavy atom. The number of aromatic nitrogens is 2. The Morgan fingerprint density at radius 3 is 2.44 bits per heavy atom. The first-order chi connectivity index (χ1) is 15.5. The fraction of sp³-hybridized carbons (Fsp3) is 0.154. The third-order valence-corrected chi connectivity index (χ3v) is 5.41. The number of nitrogens with zero attached hydrogens (tertiary/aromatic N) is 2. The molecule has 0 saturated heterocycles. The summed E-state index contributed by atoms with van der Waals surface area (Å²) in [5.74, 6) is 0.165. The molecule has 1 heterocycles. The van der Waals surface area contributed by atoms with Crippen molar-refractivity contribution in [3.05, 3.63) is 89.6 Å². The fourth-order valence-corrected chi connectivity index (χ4v) is 3.77. The molecule has 4 rings (SSSR count). The van der Waals surface area contributed by atoms with Gasteiger partial charge >= 0.3 is 5.97 Å². The van der Waals surface area contributed by atoms with Gasteiger partial charge in [0, 0.05) is 5.56 Å². The number of carbonyl (C=O) groups is 1. The number of rotatable bonds is 7. The molecule has 0 radical (unpaired) electrons. The molecule has 0 aliphatic carbocycles. The van der Waals surface area contributed by atoms with Crippen LogP contribution in [0.2, 0.25) is 0 Å². The second-order valence-electron chi connectivity index (χ2n) is 7.43. The van der Waals surface area contributed by atoms with E-state index in [1.54, 1.807) is 12.1 Å². The molecule has 0 saturated carbocycles. The molecule has 1 aromatic heterocycles. The van der Waals surface area contributed by atoms with Crippen LogP contribution in [0.3, 0.4) is 0 Å². The number of aromatic carboxylic acids is 1. The quantitative estimate of drug-likeness (QED) is 0.386. The number of benzene rings is 3. The van der Waals surface area contributed by atoms with Gasteiger partial charge in [-0.05, 0) is 48.7 Å². The van der Waals surface area contributed by atoms with Gasteiger partial charge in [0.2, 0.25) is 0 Å². The maximum Gasteiger partial charge on any atom is 0.337 e.